The number of hydrogen-bond acceptors (Lipinski definition) is 6. The zero-order valence-corrected chi connectivity index (χ0v) is 21.3. The Bertz CT molecular complexity index is 1240. The van der Waals surface area contributed by atoms with Crippen LogP contribution in [0.2, 0.25) is 0 Å². The molecule has 0 saturated heterocycles. The lowest BCUT2D eigenvalue weighted by Crippen LogP contribution is -2.31. The van der Waals surface area contributed by atoms with Crippen LogP contribution in [0.3, 0.4) is 0 Å². The molecule has 0 unspecified atom stereocenters. The summed E-state index contributed by atoms with van der Waals surface area (Å²) in [6, 6.07) is 23.5. The van der Waals surface area contributed by atoms with E-state index in [1.54, 1.807) is 19.2 Å². The van der Waals surface area contributed by atoms with Crippen LogP contribution >= 0.6 is 0 Å². The average molecular weight is 513 g/mol. The number of carbonyl (C=O) groups is 1. The Kier molecular flexibility index (Phi) is 9.08. The van der Waals surface area contributed by atoms with Crippen LogP contribution < -0.4 is 10.5 Å². The standard InChI is InChI=1S/C20H24N2O3.C7H8O3S/c1-22(19(23)25-15-16-7-3-2-4-8-16)13-14-24-18-10-6-5-9-17(18)20(21)11-12-20;1-6-2-4-7(5-3-6)11(8,9)10/h2-10H,11-15,21H2,1H3;2-5H,1H3,(H,8,9,10). The van der Waals surface area contributed by atoms with Crippen LogP contribution in [-0.4, -0.2) is 44.2 Å². The van der Waals surface area contributed by atoms with Gasteiger partial charge in [-0.05, 0) is 43.5 Å². The third-order valence-electron chi connectivity index (χ3n) is 5.73. The maximum absolute atomic E-state index is 12.0. The number of ether oxygens (including phenoxy) is 2. The van der Waals surface area contributed by atoms with E-state index in [1.807, 2.05) is 61.5 Å². The Morgan fingerprint density at radius 2 is 1.61 bits per heavy atom. The molecule has 0 radical (unpaired) electrons. The molecule has 1 fully saturated rings. The molecule has 1 aliphatic rings. The van der Waals surface area contributed by atoms with Crippen molar-refractivity contribution in [1.29, 1.82) is 0 Å². The van der Waals surface area contributed by atoms with Gasteiger partial charge in [0.15, 0.2) is 0 Å². The van der Waals surface area contributed by atoms with E-state index < -0.39 is 10.1 Å². The summed E-state index contributed by atoms with van der Waals surface area (Å²) in [7, 11) is -2.32. The van der Waals surface area contributed by atoms with Crippen LogP contribution in [-0.2, 0) is 27.0 Å². The second-order valence-electron chi connectivity index (χ2n) is 8.75. The van der Waals surface area contributed by atoms with Gasteiger partial charge in [-0.25, -0.2) is 4.79 Å². The number of amides is 1. The number of likely N-dealkylation sites (N-methyl/N-ethyl adjacent to an activating group) is 1. The molecular formula is C27H32N2O6S. The molecule has 3 aromatic rings. The van der Waals surface area contributed by atoms with Crippen LogP contribution in [0.15, 0.2) is 83.8 Å². The normalized spacial score (nSPS) is 13.7. The molecule has 0 spiro atoms. The maximum Gasteiger partial charge on any atom is 0.409 e. The SMILES string of the molecule is CN(CCOc1ccccc1C1(N)CC1)C(=O)OCc1ccccc1.Cc1ccc(S(=O)(=O)O)cc1. The summed E-state index contributed by atoms with van der Waals surface area (Å²) in [4.78, 5) is 13.5. The van der Waals surface area contributed by atoms with Gasteiger partial charge in [-0.2, -0.15) is 8.42 Å². The minimum Gasteiger partial charge on any atom is -0.491 e. The predicted octanol–water partition coefficient (Wildman–Crippen LogP) is 4.52. The minimum absolute atomic E-state index is 0.0666. The first-order valence-electron chi connectivity index (χ1n) is 11.6. The van der Waals surface area contributed by atoms with Gasteiger partial charge in [0, 0.05) is 18.2 Å². The molecule has 0 aliphatic heterocycles. The second kappa shape index (κ2) is 12.0. The number of nitrogens with two attached hydrogens (primary N) is 1. The topological polar surface area (TPSA) is 119 Å². The fourth-order valence-electron chi connectivity index (χ4n) is 3.33. The second-order valence-corrected chi connectivity index (χ2v) is 10.2. The van der Waals surface area contributed by atoms with E-state index in [-0.39, 0.29) is 23.1 Å². The third-order valence-corrected chi connectivity index (χ3v) is 6.60. The van der Waals surface area contributed by atoms with Gasteiger partial charge in [0.1, 0.15) is 19.0 Å². The quantitative estimate of drug-likeness (QED) is 0.426. The molecule has 0 atom stereocenters. The van der Waals surface area contributed by atoms with Crippen molar-refractivity contribution in [3.05, 3.63) is 95.6 Å². The molecule has 1 saturated carbocycles. The third kappa shape index (κ3) is 8.08. The Labute approximate surface area is 212 Å². The van der Waals surface area contributed by atoms with E-state index in [1.165, 1.54) is 17.0 Å². The van der Waals surface area contributed by atoms with Crippen molar-refractivity contribution < 1.29 is 27.2 Å². The van der Waals surface area contributed by atoms with Crippen LogP contribution in [0.5, 0.6) is 5.75 Å². The highest BCUT2D eigenvalue weighted by atomic mass is 32.2. The first-order chi connectivity index (χ1) is 17.1. The van der Waals surface area contributed by atoms with Gasteiger partial charge in [0.2, 0.25) is 0 Å². The van der Waals surface area contributed by atoms with Gasteiger partial charge < -0.3 is 20.1 Å². The number of nitrogens with zero attached hydrogens (tertiary/aromatic N) is 1. The number of hydrogen-bond donors (Lipinski definition) is 2. The van der Waals surface area contributed by atoms with Crippen molar-refractivity contribution in [2.45, 2.75) is 36.8 Å². The van der Waals surface area contributed by atoms with E-state index in [0.717, 1.165) is 35.3 Å². The predicted molar refractivity (Wildman–Crippen MR) is 137 cm³/mol. The Morgan fingerprint density at radius 1 is 1.00 bits per heavy atom. The zero-order valence-electron chi connectivity index (χ0n) is 20.5. The number of benzene rings is 3. The van der Waals surface area contributed by atoms with Gasteiger partial charge in [0.05, 0.1) is 11.4 Å². The first-order valence-corrected chi connectivity index (χ1v) is 13.0. The summed E-state index contributed by atoms with van der Waals surface area (Å²) in [6.07, 6.45) is 1.61. The molecule has 0 aromatic heterocycles. The molecule has 4 rings (SSSR count). The number of para-hydroxylation sites is 1. The summed E-state index contributed by atoms with van der Waals surface area (Å²) < 4.78 is 40.7. The van der Waals surface area contributed by atoms with Crippen molar-refractivity contribution in [2.75, 3.05) is 20.2 Å². The highest BCUT2D eigenvalue weighted by Gasteiger charge is 2.42. The molecule has 8 nitrogen and oxygen atoms in total. The van der Waals surface area contributed by atoms with Crippen LogP contribution in [0.1, 0.15) is 29.5 Å². The summed E-state index contributed by atoms with van der Waals surface area (Å²) in [5, 5.41) is 0. The lowest BCUT2D eigenvalue weighted by atomic mass is 10.1. The molecule has 36 heavy (non-hydrogen) atoms. The van der Waals surface area contributed by atoms with Gasteiger partial charge in [0.25, 0.3) is 10.1 Å². The lowest BCUT2D eigenvalue weighted by Gasteiger charge is -2.19. The van der Waals surface area contributed by atoms with Gasteiger partial charge >= 0.3 is 6.09 Å². The summed E-state index contributed by atoms with van der Waals surface area (Å²) >= 11 is 0. The Hall–Kier alpha value is -3.40. The Morgan fingerprint density at radius 3 is 2.22 bits per heavy atom. The monoisotopic (exact) mass is 512 g/mol. The fourth-order valence-corrected chi connectivity index (χ4v) is 3.81. The summed E-state index contributed by atoms with van der Waals surface area (Å²) in [6.45, 7) is 2.95. The summed E-state index contributed by atoms with van der Waals surface area (Å²) in [5.74, 6) is 0.800. The van der Waals surface area contributed by atoms with E-state index in [9.17, 15) is 13.2 Å². The zero-order chi connectivity index (χ0) is 26.2. The lowest BCUT2D eigenvalue weighted by molar-refractivity contribution is 0.0993. The van der Waals surface area contributed by atoms with Crippen molar-refractivity contribution in [3.63, 3.8) is 0 Å². The molecule has 192 valence electrons. The molecule has 9 heteroatoms. The van der Waals surface area contributed by atoms with Crippen LogP contribution in [0.25, 0.3) is 0 Å². The molecule has 0 heterocycles. The van der Waals surface area contributed by atoms with Gasteiger partial charge in [-0.3, -0.25) is 4.55 Å². The van der Waals surface area contributed by atoms with Crippen molar-refractivity contribution in [3.8, 4) is 5.75 Å². The van der Waals surface area contributed by atoms with Gasteiger partial charge in [-0.15, -0.1) is 0 Å². The van der Waals surface area contributed by atoms with Crippen molar-refractivity contribution >= 4 is 16.2 Å². The maximum atomic E-state index is 12.0. The van der Waals surface area contributed by atoms with E-state index in [4.69, 9.17) is 19.8 Å². The first kappa shape index (κ1) is 27.2. The number of carbonyl (C=O) groups excluding carboxylic acids is 1. The van der Waals surface area contributed by atoms with E-state index in [2.05, 4.69) is 0 Å². The van der Waals surface area contributed by atoms with Crippen molar-refractivity contribution in [2.24, 2.45) is 5.73 Å². The molecule has 3 N–H and O–H groups in total. The van der Waals surface area contributed by atoms with Crippen LogP contribution in [0.4, 0.5) is 4.79 Å². The number of rotatable bonds is 8. The van der Waals surface area contributed by atoms with E-state index in [0.29, 0.717) is 13.2 Å². The molecule has 1 aliphatic carbocycles. The van der Waals surface area contributed by atoms with Crippen molar-refractivity contribution in [1.82, 2.24) is 4.90 Å². The molecule has 0 bridgehead atoms. The molecular weight excluding hydrogens is 480 g/mol. The molecule has 3 aromatic carbocycles. The average Bonchev–Trinajstić information content (AvgIpc) is 3.61. The smallest absolute Gasteiger partial charge is 0.409 e. The van der Waals surface area contributed by atoms with E-state index >= 15 is 0 Å². The highest BCUT2D eigenvalue weighted by Crippen LogP contribution is 2.46. The minimum atomic E-state index is -4.02. The Balaban J connectivity index is 0.000000275. The molecule has 1 amide bonds. The fraction of sp³-hybridized carbons (Fsp3) is 0.296. The van der Waals surface area contributed by atoms with Gasteiger partial charge in [-0.1, -0.05) is 66.2 Å². The highest BCUT2D eigenvalue weighted by molar-refractivity contribution is 7.85. The summed E-state index contributed by atoms with van der Waals surface area (Å²) in [5.41, 5.74) is 9.01. The number of aryl methyl sites for hydroxylation is 1. The largest absolute Gasteiger partial charge is 0.491 e. The van der Waals surface area contributed by atoms with Crippen LogP contribution in [0, 0.1) is 6.92 Å².